The van der Waals surface area contributed by atoms with E-state index in [0.29, 0.717) is 28.3 Å². The van der Waals surface area contributed by atoms with Gasteiger partial charge in [0.25, 0.3) is 5.91 Å². The molecule has 0 heterocycles. The molecule has 3 aromatic carbocycles. The number of aliphatic carboxylic acids is 2. The van der Waals surface area contributed by atoms with Crippen molar-refractivity contribution in [3.8, 4) is 0 Å². The predicted octanol–water partition coefficient (Wildman–Crippen LogP) is 3.79. The summed E-state index contributed by atoms with van der Waals surface area (Å²) in [5.74, 6) is -4.96. The number of carbonyl (C=O) groups is 5. The monoisotopic (exact) mass is 601 g/mol. The van der Waals surface area contributed by atoms with E-state index >= 15 is 0 Å². The normalized spacial score (nSPS) is 11.6. The van der Waals surface area contributed by atoms with E-state index in [4.69, 9.17) is 9.84 Å². The van der Waals surface area contributed by atoms with E-state index in [1.165, 1.54) is 24.3 Å². The highest BCUT2D eigenvalue weighted by Gasteiger charge is 2.31. The van der Waals surface area contributed by atoms with E-state index in [-0.39, 0.29) is 18.6 Å². The predicted molar refractivity (Wildman–Crippen MR) is 145 cm³/mol. The molecule has 0 aliphatic rings. The number of nitrogens with one attached hydrogen (secondary N) is 2. The number of benzene rings is 3. The van der Waals surface area contributed by atoms with Gasteiger partial charge in [0, 0.05) is 17.7 Å². The summed E-state index contributed by atoms with van der Waals surface area (Å²) in [5.41, 5.74) is 0.296. The lowest BCUT2D eigenvalue weighted by atomic mass is 10.1. The van der Waals surface area contributed by atoms with Gasteiger partial charge in [0.2, 0.25) is 5.91 Å². The van der Waals surface area contributed by atoms with Crippen LogP contribution in [0.3, 0.4) is 0 Å². The largest absolute Gasteiger partial charge is 0.480 e. The number of nitrogens with zero attached hydrogens (tertiary/aromatic N) is 1. The summed E-state index contributed by atoms with van der Waals surface area (Å²) in [4.78, 5) is 61.1. The number of anilines is 1. The van der Waals surface area contributed by atoms with E-state index in [1.54, 1.807) is 24.3 Å². The van der Waals surface area contributed by atoms with Gasteiger partial charge in [-0.05, 0) is 47.5 Å². The smallest absolute Gasteiger partial charge is 0.416 e. The fourth-order valence-electron chi connectivity index (χ4n) is 3.80. The van der Waals surface area contributed by atoms with E-state index in [1.807, 2.05) is 6.07 Å². The van der Waals surface area contributed by atoms with Crippen LogP contribution < -0.4 is 10.6 Å². The Morgan fingerprint density at radius 2 is 1.44 bits per heavy atom. The summed E-state index contributed by atoms with van der Waals surface area (Å²) in [5, 5.41) is 23.5. The Labute approximate surface area is 242 Å². The number of alkyl halides is 3. The maximum absolute atomic E-state index is 12.8. The highest BCUT2D eigenvalue weighted by atomic mass is 19.4. The Morgan fingerprint density at radius 3 is 2.00 bits per heavy atom. The topological polar surface area (TPSA) is 162 Å². The first-order valence-electron chi connectivity index (χ1n) is 12.6. The van der Waals surface area contributed by atoms with Crippen LogP contribution in [0, 0.1) is 0 Å². The maximum Gasteiger partial charge on any atom is 0.416 e. The van der Waals surface area contributed by atoms with Crippen LogP contribution in [-0.2, 0) is 38.3 Å². The summed E-state index contributed by atoms with van der Waals surface area (Å²) in [7, 11) is 0. The molecule has 0 radical (unpaired) electrons. The van der Waals surface area contributed by atoms with E-state index in [9.17, 15) is 42.3 Å². The highest BCUT2D eigenvalue weighted by molar-refractivity contribution is 5.98. The summed E-state index contributed by atoms with van der Waals surface area (Å²) in [6, 6.07) is 16.5. The number of halogens is 3. The second kappa shape index (κ2) is 14.5. The highest BCUT2D eigenvalue weighted by Crippen LogP contribution is 2.29. The number of ether oxygens (including phenoxy) is 1. The van der Waals surface area contributed by atoms with Gasteiger partial charge in [-0.2, -0.15) is 13.2 Å². The molecule has 0 unspecified atom stereocenters. The Hall–Kier alpha value is -5.40. The molecule has 11 nitrogen and oxygen atoms in total. The van der Waals surface area contributed by atoms with Crippen molar-refractivity contribution in [3.63, 3.8) is 0 Å². The molecule has 14 heteroatoms. The lowest BCUT2D eigenvalue weighted by Crippen LogP contribution is -2.48. The van der Waals surface area contributed by atoms with Gasteiger partial charge in [-0.1, -0.05) is 42.5 Å². The molecule has 1 atom stereocenters. The zero-order valence-corrected chi connectivity index (χ0v) is 22.3. The van der Waals surface area contributed by atoms with Gasteiger partial charge in [-0.25, -0.2) is 9.59 Å². The van der Waals surface area contributed by atoms with Crippen LogP contribution in [0.25, 0.3) is 0 Å². The number of hydrogen-bond donors (Lipinski definition) is 4. The molecule has 3 rings (SSSR count). The fourth-order valence-corrected chi connectivity index (χ4v) is 3.80. The van der Waals surface area contributed by atoms with Gasteiger partial charge >= 0.3 is 24.2 Å². The first kappa shape index (κ1) is 32.1. The summed E-state index contributed by atoms with van der Waals surface area (Å²) in [6.45, 7) is -1.78. The molecule has 0 aromatic heterocycles. The Balaban J connectivity index is 1.59. The molecule has 0 saturated heterocycles. The van der Waals surface area contributed by atoms with E-state index in [0.717, 1.165) is 17.7 Å². The van der Waals surface area contributed by atoms with Gasteiger partial charge in [-0.15, -0.1) is 0 Å². The van der Waals surface area contributed by atoms with Crippen molar-refractivity contribution >= 4 is 35.5 Å². The van der Waals surface area contributed by atoms with Crippen molar-refractivity contribution in [2.24, 2.45) is 0 Å². The van der Waals surface area contributed by atoms with E-state index in [2.05, 4.69) is 10.6 Å². The number of carboxylic acids is 2. The molecule has 3 amide bonds. The van der Waals surface area contributed by atoms with Crippen molar-refractivity contribution in [3.05, 3.63) is 101 Å². The third-order valence-electron chi connectivity index (χ3n) is 5.89. The van der Waals surface area contributed by atoms with Crippen LogP contribution in [0.4, 0.5) is 23.7 Å². The Kier molecular flexibility index (Phi) is 10.8. The van der Waals surface area contributed by atoms with Gasteiger partial charge in [0.05, 0.1) is 5.56 Å². The quantitative estimate of drug-likeness (QED) is 0.244. The molecular weight excluding hydrogens is 575 g/mol. The van der Waals surface area contributed by atoms with Crippen LogP contribution in [0.15, 0.2) is 78.9 Å². The molecule has 43 heavy (non-hydrogen) atoms. The van der Waals surface area contributed by atoms with Crippen LogP contribution in [-0.4, -0.2) is 64.1 Å². The average Bonchev–Trinajstić information content (AvgIpc) is 2.96. The Morgan fingerprint density at radius 1 is 0.814 bits per heavy atom. The van der Waals surface area contributed by atoms with Gasteiger partial charge in [0.15, 0.2) is 0 Å². The average molecular weight is 602 g/mol. The molecule has 0 spiro atoms. The SMILES string of the molecule is O=C(O)CN(CC(=O)N[C@H](Cc1ccc(NC(=O)OCc2ccccc2)cc1)C(=O)O)C(=O)c1ccc(C(F)(F)F)cc1. The van der Waals surface area contributed by atoms with Crippen molar-refractivity contribution in [2.75, 3.05) is 18.4 Å². The number of amides is 3. The first-order valence-corrected chi connectivity index (χ1v) is 12.6. The second-order valence-corrected chi connectivity index (χ2v) is 9.18. The molecule has 0 aliphatic heterocycles. The Bertz CT molecular complexity index is 1450. The molecule has 0 bridgehead atoms. The van der Waals surface area contributed by atoms with Gasteiger partial charge in [0.1, 0.15) is 25.7 Å². The summed E-state index contributed by atoms with van der Waals surface area (Å²) >= 11 is 0. The zero-order chi connectivity index (χ0) is 31.6. The third-order valence-corrected chi connectivity index (χ3v) is 5.89. The maximum atomic E-state index is 12.8. The van der Waals surface area contributed by atoms with E-state index < -0.39 is 60.7 Å². The van der Waals surface area contributed by atoms with Crippen LogP contribution in [0.5, 0.6) is 0 Å². The third kappa shape index (κ3) is 10.2. The summed E-state index contributed by atoms with van der Waals surface area (Å²) in [6.07, 6.45) is -5.56. The first-order chi connectivity index (χ1) is 20.3. The van der Waals surface area contributed by atoms with Crippen molar-refractivity contribution in [1.29, 1.82) is 0 Å². The number of hydrogen-bond acceptors (Lipinski definition) is 6. The molecule has 3 aromatic rings. The summed E-state index contributed by atoms with van der Waals surface area (Å²) < 4.78 is 43.6. The second-order valence-electron chi connectivity index (χ2n) is 9.18. The minimum atomic E-state index is -4.65. The molecule has 0 fully saturated rings. The van der Waals surface area contributed by atoms with Crippen molar-refractivity contribution in [1.82, 2.24) is 10.2 Å². The van der Waals surface area contributed by atoms with Crippen molar-refractivity contribution in [2.45, 2.75) is 25.2 Å². The van der Waals surface area contributed by atoms with Crippen LogP contribution >= 0.6 is 0 Å². The standard InChI is InChI=1S/C29H26F3N3O8/c30-29(31,32)21-10-8-20(9-11-21)26(39)35(16-25(37)38)15-24(36)34-23(27(40)41)14-18-6-12-22(13-7-18)33-28(42)43-17-19-4-2-1-3-5-19/h1-13,23H,14-17H2,(H,33,42)(H,34,36)(H,37,38)(H,40,41)/t23-/m1/s1. The molecular formula is C29H26F3N3O8. The van der Waals surface area contributed by atoms with Crippen molar-refractivity contribution < 1.29 is 52.1 Å². The number of carboxylic acid groups (broad SMARTS) is 2. The molecule has 226 valence electrons. The number of rotatable bonds is 12. The molecule has 0 saturated carbocycles. The molecule has 4 N–H and O–H groups in total. The lowest BCUT2D eigenvalue weighted by Gasteiger charge is -2.22. The minimum Gasteiger partial charge on any atom is -0.480 e. The minimum absolute atomic E-state index is 0.0601. The van der Waals surface area contributed by atoms with Crippen LogP contribution in [0.1, 0.15) is 27.0 Å². The number of carbonyl (C=O) groups excluding carboxylic acids is 3. The zero-order valence-electron chi connectivity index (χ0n) is 22.3. The van der Waals surface area contributed by atoms with Gasteiger partial charge in [-0.3, -0.25) is 19.7 Å². The fraction of sp³-hybridized carbons (Fsp3) is 0.207. The van der Waals surface area contributed by atoms with Gasteiger partial charge < -0.3 is 25.2 Å². The molecule has 0 aliphatic carbocycles. The lowest BCUT2D eigenvalue weighted by molar-refractivity contribution is -0.142. The van der Waals surface area contributed by atoms with Crippen LogP contribution in [0.2, 0.25) is 0 Å².